The van der Waals surface area contributed by atoms with Crippen molar-refractivity contribution in [3.05, 3.63) is 34.9 Å². The lowest BCUT2D eigenvalue weighted by Gasteiger charge is -2.06. The second kappa shape index (κ2) is 3.25. The lowest BCUT2D eigenvalue weighted by Crippen LogP contribution is -1.95. The molecule has 0 aliphatic rings. The summed E-state index contributed by atoms with van der Waals surface area (Å²) < 4.78 is 0. The van der Waals surface area contributed by atoms with Crippen LogP contribution in [0.5, 0.6) is 0 Å². The SMILES string of the molecule is Cc1ccc2c(C#N)cc(N)nc2c1C. The number of nitrogens with two attached hydrogens (primary N) is 1. The Bertz CT molecular complexity index is 579. The first-order chi connectivity index (χ1) is 7.13. The van der Waals surface area contributed by atoms with Gasteiger partial charge in [0.25, 0.3) is 0 Å². The minimum atomic E-state index is 0.396. The van der Waals surface area contributed by atoms with Gasteiger partial charge in [-0.2, -0.15) is 5.26 Å². The lowest BCUT2D eigenvalue weighted by atomic mass is 10.0. The third kappa shape index (κ3) is 1.40. The van der Waals surface area contributed by atoms with Crippen LogP contribution in [-0.2, 0) is 0 Å². The highest BCUT2D eigenvalue weighted by molar-refractivity contribution is 5.89. The van der Waals surface area contributed by atoms with Crippen LogP contribution >= 0.6 is 0 Å². The highest BCUT2D eigenvalue weighted by Crippen LogP contribution is 2.23. The molecule has 0 bridgehead atoms. The van der Waals surface area contributed by atoms with E-state index in [0.29, 0.717) is 11.4 Å². The van der Waals surface area contributed by atoms with Gasteiger partial charge in [0.05, 0.1) is 17.1 Å². The van der Waals surface area contributed by atoms with E-state index < -0.39 is 0 Å². The van der Waals surface area contributed by atoms with Crippen LogP contribution in [0.25, 0.3) is 10.9 Å². The number of benzene rings is 1. The summed E-state index contributed by atoms with van der Waals surface area (Å²) in [6.07, 6.45) is 0. The monoisotopic (exact) mass is 197 g/mol. The fourth-order valence-corrected chi connectivity index (χ4v) is 1.64. The molecule has 3 heteroatoms. The van der Waals surface area contributed by atoms with Crippen LogP contribution in [0.15, 0.2) is 18.2 Å². The minimum absolute atomic E-state index is 0.396. The summed E-state index contributed by atoms with van der Waals surface area (Å²) in [6.45, 7) is 4.01. The van der Waals surface area contributed by atoms with Crippen molar-refractivity contribution >= 4 is 16.7 Å². The van der Waals surface area contributed by atoms with Gasteiger partial charge in [-0.25, -0.2) is 4.98 Å². The first-order valence-electron chi connectivity index (χ1n) is 4.70. The molecule has 0 saturated heterocycles. The van der Waals surface area contributed by atoms with E-state index in [0.717, 1.165) is 22.0 Å². The maximum atomic E-state index is 8.99. The molecule has 0 spiro atoms. The van der Waals surface area contributed by atoms with E-state index in [1.165, 1.54) is 0 Å². The summed E-state index contributed by atoms with van der Waals surface area (Å²) in [5, 5.41) is 9.86. The summed E-state index contributed by atoms with van der Waals surface area (Å²) >= 11 is 0. The average Bonchev–Trinajstić information content (AvgIpc) is 2.23. The Morgan fingerprint density at radius 2 is 2.07 bits per heavy atom. The summed E-state index contributed by atoms with van der Waals surface area (Å²) in [6, 6.07) is 7.66. The number of hydrogen-bond acceptors (Lipinski definition) is 3. The van der Waals surface area contributed by atoms with Crippen molar-refractivity contribution in [1.82, 2.24) is 4.98 Å². The molecule has 2 aromatic rings. The molecule has 15 heavy (non-hydrogen) atoms. The molecule has 2 rings (SSSR count). The predicted octanol–water partition coefficient (Wildman–Crippen LogP) is 2.31. The van der Waals surface area contributed by atoms with Gasteiger partial charge in [-0.3, -0.25) is 0 Å². The zero-order valence-electron chi connectivity index (χ0n) is 8.70. The molecule has 0 fully saturated rings. The summed E-state index contributed by atoms with van der Waals surface area (Å²) in [7, 11) is 0. The van der Waals surface area contributed by atoms with Gasteiger partial charge in [-0.05, 0) is 31.0 Å². The quantitative estimate of drug-likeness (QED) is 0.704. The van der Waals surface area contributed by atoms with E-state index in [2.05, 4.69) is 11.1 Å². The fourth-order valence-electron chi connectivity index (χ4n) is 1.64. The van der Waals surface area contributed by atoms with Crippen molar-refractivity contribution < 1.29 is 0 Å². The summed E-state index contributed by atoms with van der Waals surface area (Å²) in [5.74, 6) is 0.396. The van der Waals surface area contributed by atoms with Crippen LogP contribution in [-0.4, -0.2) is 4.98 Å². The number of nitriles is 1. The number of aromatic nitrogens is 1. The molecule has 0 atom stereocenters. The lowest BCUT2D eigenvalue weighted by molar-refractivity contribution is 1.31. The number of rotatable bonds is 0. The molecule has 1 aromatic carbocycles. The van der Waals surface area contributed by atoms with Gasteiger partial charge >= 0.3 is 0 Å². The molecule has 0 unspecified atom stereocenters. The van der Waals surface area contributed by atoms with Crippen LogP contribution in [0.1, 0.15) is 16.7 Å². The molecule has 1 aromatic heterocycles. The van der Waals surface area contributed by atoms with E-state index in [-0.39, 0.29) is 0 Å². The van der Waals surface area contributed by atoms with Crippen LogP contribution in [0.2, 0.25) is 0 Å². The van der Waals surface area contributed by atoms with Gasteiger partial charge in [-0.15, -0.1) is 0 Å². The Balaban J connectivity index is 2.98. The number of hydrogen-bond donors (Lipinski definition) is 1. The standard InChI is InChI=1S/C12H11N3/c1-7-3-4-10-9(6-13)5-11(14)15-12(10)8(7)2/h3-5H,1-2H3,(H2,14,15). The predicted molar refractivity (Wildman–Crippen MR) is 60.3 cm³/mol. The summed E-state index contributed by atoms with van der Waals surface area (Å²) in [4.78, 5) is 4.27. The highest BCUT2D eigenvalue weighted by atomic mass is 14.8. The maximum Gasteiger partial charge on any atom is 0.125 e. The number of anilines is 1. The number of aryl methyl sites for hydroxylation is 2. The first-order valence-corrected chi connectivity index (χ1v) is 4.70. The van der Waals surface area contributed by atoms with E-state index in [9.17, 15) is 0 Å². The number of nitrogen functional groups attached to an aromatic ring is 1. The smallest absolute Gasteiger partial charge is 0.125 e. The maximum absolute atomic E-state index is 8.99. The Morgan fingerprint density at radius 1 is 1.33 bits per heavy atom. The van der Waals surface area contributed by atoms with Gasteiger partial charge in [0.1, 0.15) is 5.82 Å². The van der Waals surface area contributed by atoms with Crippen LogP contribution in [0.3, 0.4) is 0 Å². The minimum Gasteiger partial charge on any atom is -0.384 e. The second-order valence-electron chi connectivity index (χ2n) is 3.61. The Labute approximate surface area is 88.2 Å². The zero-order chi connectivity index (χ0) is 11.0. The van der Waals surface area contributed by atoms with Crippen LogP contribution < -0.4 is 5.73 Å². The Hall–Kier alpha value is -2.08. The third-order valence-electron chi connectivity index (χ3n) is 2.65. The van der Waals surface area contributed by atoms with Crippen LogP contribution in [0.4, 0.5) is 5.82 Å². The molecule has 1 heterocycles. The Kier molecular flexibility index (Phi) is 2.05. The van der Waals surface area contributed by atoms with Crippen molar-refractivity contribution in [3.63, 3.8) is 0 Å². The molecule has 0 aliphatic heterocycles. The van der Waals surface area contributed by atoms with Gasteiger partial charge in [0.2, 0.25) is 0 Å². The molecular weight excluding hydrogens is 186 g/mol. The van der Waals surface area contributed by atoms with Gasteiger partial charge in [-0.1, -0.05) is 12.1 Å². The molecule has 0 saturated carbocycles. The van der Waals surface area contributed by atoms with Gasteiger partial charge in [0.15, 0.2) is 0 Å². The molecule has 74 valence electrons. The molecule has 0 radical (unpaired) electrons. The Morgan fingerprint density at radius 3 is 2.73 bits per heavy atom. The van der Waals surface area contributed by atoms with E-state index in [1.807, 2.05) is 26.0 Å². The van der Waals surface area contributed by atoms with Crippen molar-refractivity contribution in [2.24, 2.45) is 0 Å². The van der Waals surface area contributed by atoms with E-state index in [1.54, 1.807) is 6.07 Å². The molecule has 2 N–H and O–H groups in total. The number of nitrogens with zero attached hydrogens (tertiary/aromatic N) is 2. The van der Waals surface area contributed by atoms with Crippen molar-refractivity contribution in [2.75, 3.05) is 5.73 Å². The molecule has 3 nitrogen and oxygen atoms in total. The van der Waals surface area contributed by atoms with Crippen molar-refractivity contribution in [2.45, 2.75) is 13.8 Å². The van der Waals surface area contributed by atoms with Gasteiger partial charge < -0.3 is 5.73 Å². The number of pyridine rings is 1. The largest absolute Gasteiger partial charge is 0.384 e. The second-order valence-corrected chi connectivity index (χ2v) is 3.61. The summed E-state index contributed by atoms with van der Waals surface area (Å²) in [5.41, 5.74) is 9.30. The zero-order valence-corrected chi connectivity index (χ0v) is 8.70. The topological polar surface area (TPSA) is 62.7 Å². The molecule has 0 amide bonds. The van der Waals surface area contributed by atoms with Crippen LogP contribution in [0, 0.1) is 25.2 Å². The van der Waals surface area contributed by atoms with E-state index >= 15 is 0 Å². The first kappa shape index (κ1) is 9.47. The molecular formula is C12H11N3. The van der Waals surface area contributed by atoms with E-state index in [4.69, 9.17) is 11.0 Å². The number of fused-ring (bicyclic) bond motifs is 1. The average molecular weight is 197 g/mol. The molecule has 0 aliphatic carbocycles. The third-order valence-corrected chi connectivity index (χ3v) is 2.65. The fraction of sp³-hybridized carbons (Fsp3) is 0.167. The normalized spacial score (nSPS) is 10.2. The van der Waals surface area contributed by atoms with Crippen molar-refractivity contribution in [3.8, 4) is 6.07 Å². The van der Waals surface area contributed by atoms with Crippen molar-refractivity contribution in [1.29, 1.82) is 5.26 Å². The highest BCUT2D eigenvalue weighted by Gasteiger charge is 2.07. The van der Waals surface area contributed by atoms with Gasteiger partial charge in [0, 0.05) is 5.39 Å².